The highest BCUT2D eigenvalue weighted by molar-refractivity contribution is 5.91. The van der Waals surface area contributed by atoms with E-state index >= 15 is 0 Å². The molecule has 1 saturated heterocycles. The number of aliphatic imine (C=N–C) groups is 1. The number of allylic oxidation sites excluding steroid dienone is 1. The van der Waals surface area contributed by atoms with Crippen LogP contribution >= 0.6 is 0 Å². The van der Waals surface area contributed by atoms with Crippen LogP contribution in [-0.4, -0.2) is 60.1 Å². The number of hydrogen-bond donors (Lipinski definition) is 2. The molecule has 25 heavy (non-hydrogen) atoms. The van der Waals surface area contributed by atoms with Crippen molar-refractivity contribution in [2.45, 2.75) is 12.5 Å². The zero-order valence-electron chi connectivity index (χ0n) is 14.5. The molecule has 0 aliphatic carbocycles. The average molecular weight is 338 g/mol. The molecule has 0 amide bonds. The van der Waals surface area contributed by atoms with E-state index in [1.54, 1.807) is 0 Å². The summed E-state index contributed by atoms with van der Waals surface area (Å²) in [5, 5.41) is 12.3. The van der Waals surface area contributed by atoms with Gasteiger partial charge < -0.3 is 10.4 Å². The minimum atomic E-state index is 0.257. The third-order valence-electron chi connectivity index (χ3n) is 5.37. The van der Waals surface area contributed by atoms with Gasteiger partial charge in [0.25, 0.3) is 0 Å². The predicted octanol–water partition coefficient (Wildman–Crippen LogP) is 1.54. The fraction of sp³-hybridized carbons (Fsp3) is 0.450. The number of fused-ring (bicyclic) bond motifs is 1. The molecule has 2 N–H and O–H groups in total. The lowest BCUT2D eigenvalue weighted by molar-refractivity contribution is 0.108. The minimum absolute atomic E-state index is 0.257. The largest absolute Gasteiger partial charge is 0.395 e. The zero-order chi connectivity index (χ0) is 17.1. The van der Waals surface area contributed by atoms with Crippen molar-refractivity contribution in [2.75, 3.05) is 39.3 Å². The van der Waals surface area contributed by atoms with Crippen LogP contribution in [0.1, 0.15) is 17.0 Å². The summed E-state index contributed by atoms with van der Waals surface area (Å²) in [5.41, 5.74) is 2.74. The fourth-order valence-corrected chi connectivity index (χ4v) is 3.96. The molecule has 5 nitrogen and oxygen atoms in total. The van der Waals surface area contributed by atoms with E-state index in [1.807, 2.05) is 12.4 Å². The highest BCUT2D eigenvalue weighted by atomic mass is 16.3. The first-order valence-corrected chi connectivity index (χ1v) is 9.15. The second-order valence-corrected chi connectivity index (χ2v) is 7.00. The third kappa shape index (κ3) is 3.68. The van der Waals surface area contributed by atoms with Crippen molar-refractivity contribution in [1.82, 2.24) is 15.1 Å². The van der Waals surface area contributed by atoms with Gasteiger partial charge in [-0.25, -0.2) is 4.99 Å². The topological polar surface area (TPSA) is 51.1 Å². The molecule has 0 saturated carbocycles. The molecule has 2 unspecified atom stereocenters. The molecule has 0 bridgehead atoms. The molecule has 0 aromatic heterocycles. The summed E-state index contributed by atoms with van der Waals surface area (Å²) < 4.78 is 0. The second-order valence-electron chi connectivity index (χ2n) is 7.00. The normalized spacial score (nSPS) is 26.4. The molecule has 1 aromatic carbocycles. The Morgan fingerprint density at radius 1 is 1.08 bits per heavy atom. The molecule has 1 aromatic rings. The van der Waals surface area contributed by atoms with Crippen LogP contribution in [0.3, 0.4) is 0 Å². The van der Waals surface area contributed by atoms with Crippen molar-refractivity contribution in [3.63, 3.8) is 0 Å². The van der Waals surface area contributed by atoms with Gasteiger partial charge in [-0.05, 0) is 17.3 Å². The number of nitrogens with one attached hydrogen (secondary N) is 1. The Bertz CT molecular complexity index is 689. The second kappa shape index (κ2) is 7.52. The number of β-amino-alcohol motifs (C(OH)–C–C–N with tert-alkyl or cyclic N) is 1. The van der Waals surface area contributed by atoms with E-state index in [9.17, 15) is 0 Å². The van der Waals surface area contributed by atoms with E-state index in [0.717, 1.165) is 45.1 Å². The first-order chi connectivity index (χ1) is 12.3. The van der Waals surface area contributed by atoms with Gasteiger partial charge in [-0.15, -0.1) is 0 Å². The van der Waals surface area contributed by atoms with Gasteiger partial charge in [0.2, 0.25) is 0 Å². The molecule has 132 valence electrons. The third-order valence-corrected chi connectivity index (χ3v) is 5.37. The SMILES string of the molecule is OCCN1CCN(Cc2cccc(C3C=CN=C4NC=CC43)c2)CC1. The van der Waals surface area contributed by atoms with Crippen LogP contribution in [0.5, 0.6) is 0 Å². The number of rotatable bonds is 5. The zero-order valence-corrected chi connectivity index (χ0v) is 14.5. The molecule has 1 fully saturated rings. The molecule has 2 atom stereocenters. The maximum atomic E-state index is 9.06. The first-order valence-electron chi connectivity index (χ1n) is 9.15. The smallest absolute Gasteiger partial charge is 0.113 e. The summed E-state index contributed by atoms with van der Waals surface area (Å²) in [6, 6.07) is 8.99. The number of piperazine rings is 1. The van der Waals surface area contributed by atoms with Gasteiger partial charge in [-0.1, -0.05) is 36.4 Å². The number of nitrogens with zero attached hydrogens (tertiary/aromatic N) is 3. The van der Waals surface area contributed by atoms with Crippen molar-refractivity contribution in [3.05, 3.63) is 59.9 Å². The van der Waals surface area contributed by atoms with Crippen molar-refractivity contribution >= 4 is 5.84 Å². The van der Waals surface area contributed by atoms with E-state index in [-0.39, 0.29) is 6.61 Å². The van der Waals surface area contributed by atoms with Gasteiger partial charge >= 0.3 is 0 Å². The quantitative estimate of drug-likeness (QED) is 0.855. The van der Waals surface area contributed by atoms with Crippen LogP contribution in [0, 0.1) is 5.92 Å². The number of aliphatic hydroxyl groups excluding tert-OH is 1. The molecule has 3 aliphatic heterocycles. The summed E-state index contributed by atoms with van der Waals surface area (Å²) in [6.45, 7) is 6.28. The Morgan fingerprint density at radius 2 is 1.92 bits per heavy atom. The number of amidine groups is 1. The van der Waals surface area contributed by atoms with E-state index in [0.29, 0.717) is 11.8 Å². The average Bonchev–Trinajstić information content (AvgIpc) is 3.13. The van der Waals surface area contributed by atoms with E-state index < -0.39 is 0 Å². The molecule has 5 heteroatoms. The molecular weight excluding hydrogens is 312 g/mol. The molecular formula is C20H26N4O. The van der Waals surface area contributed by atoms with Gasteiger partial charge in [0.05, 0.1) is 6.61 Å². The Balaban J connectivity index is 1.41. The van der Waals surface area contributed by atoms with Crippen LogP contribution in [0.15, 0.2) is 53.8 Å². The first kappa shape index (κ1) is 16.5. The molecule has 3 aliphatic rings. The lowest BCUT2D eigenvalue weighted by Gasteiger charge is -2.34. The Labute approximate surface area is 149 Å². The minimum Gasteiger partial charge on any atom is -0.395 e. The monoisotopic (exact) mass is 338 g/mol. The van der Waals surface area contributed by atoms with Crippen LogP contribution in [0.4, 0.5) is 0 Å². The van der Waals surface area contributed by atoms with Crippen molar-refractivity contribution in [3.8, 4) is 0 Å². The maximum Gasteiger partial charge on any atom is 0.113 e. The number of aliphatic hydroxyl groups is 1. The summed E-state index contributed by atoms with van der Waals surface area (Å²) in [4.78, 5) is 9.28. The number of hydrogen-bond acceptors (Lipinski definition) is 5. The predicted molar refractivity (Wildman–Crippen MR) is 100 cm³/mol. The van der Waals surface area contributed by atoms with Gasteiger partial charge in [-0.2, -0.15) is 0 Å². The fourth-order valence-electron chi connectivity index (χ4n) is 3.96. The van der Waals surface area contributed by atoms with Gasteiger partial charge in [0.1, 0.15) is 5.84 Å². The van der Waals surface area contributed by atoms with E-state index in [1.165, 1.54) is 11.1 Å². The lowest BCUT2D eigenvalue weighted by Crippen LogP contribution is -2.46. The summed E-state index contributed by atoms with van der Waals surface area (Å²) in [5.74, 6) is 1.75. The van der Waals surface area contributed by atoms with Gasteiger partial charge in [0, 0.05) is 57.3 Å². The van der Waals surface area contributed by atoms with Crippen molar-refractivity contribution in [2.24, 2.45) is 10.9 Å². The highest BCUT2D eigenvalue weighted by Crippen LogP contribution is 2.33. The Morgan fingerprint density at radius 3 is 2.76 bits per heavy atom. The van der Waals surface area contributed by atoms with E-state index in [2.05, 4.69) is 56.5 Å². The molecule has 3 heterocycles. The van der Waals surface area contributed by atoms with Crippen LogP contribution in [-0.2, 0) is 6.54 Å². The summed E-state index contributed by atoms with van der Waals surface area (Å²) in [6.07, 6.45) is 8.33. The lowest BCUT2D eigenvalue weighted by atomic mass is 9.84. The Kier molecular flexibility index (Phi) is 4.97. The van der Waals surface area contributed by atoms with Gasteiger partial charge in [-0.3, -0.25) is 9.80 Å². The molecule has 4 rings (SSSR count). The summed E-state index contributed by atoms with van der Waals surface area (Å²) >= 11 is 0. The van der Waals surface area contributed by atoms with Gasteiger partial charge in [0.15, 0.2) is 0 Å². The van der Waals surface area contributed by atoms with Crippen LogP contribution in [0.25, 0.3) is 0 Å². The van der Waals surface area contributed by atoms with Crippen LogP contribution < -0.4 is 5.32 Å². The van der Waals surface area contributed by atoms with Crippen molar-refractivity contribution < 1.29 is 5.11 Å². The Hall–Kier alpha value is -1.95. The standard InChI is InChI=1S/C20H26N4O/c25-13-12-23-8-10-24(11-9-23)15-16-2-1-3-17(14-16)18-4-6-21-20-19(18)5-7-22-20/h1-7,14,18-19,25H,8-13,15H2,(H,21,22). The van der Waals surface area contributed by atoms with Crippen LogP contribution in [0.2, 0.25) is 0 Å². The number of benzene rings is 1. The van der Waals surface area contributed by atoms with Crippen molar-refractivity contribution in [1.29, 1.82) is 0 Å². The highest BCUT2D eigenvalue weighted by Gasteiger charge is 2.28. The summed E-state index contributed by atoms with van der Waals surface area (Å²) in [7, 11) is 0. The molecule has 0 radical (unpaired) electrons. The van der Waals surface area contributed by atoms with E-state index in [4.69, 9.17) is 5.11 Å². The maximum absolute atomic E-state index is 9.06. The molecule has 0 spiro atoms.